The first-order chi connectivity index (χ1) is 12.1. The predicted molar refractivity (Wildman–Crippen MR) is 93.8 cm³/mol. The predicted octanol–water partition coefficient (Wildman–Crippen LogP) is 1.91. The maximum absolute atomic E-state index is 12.5. The van der Waals surface area contributed by atoms with E-state index >= 15 is 0 Å². The third-order valence-corrected chi connectivity index (χ3v) is 4.67. The Hall–Kier alpha value is -2.76. The minimum absolute atomic E-state index is 0.0126. The molecule has 1 atom stereocenters. The SMILES string of the molecule is C[C@@H](Cc1cnccn1)N(C)C(=O)CCN1Cc2ccccc2C1=O. The number of rotatable bonds is 6. The largest absolute Gasteiger partial charge is 0.343 e. The van der Waals surface area contributed by atoms with Crippen LogP contribution in [0.5, 0.6) is 0 Å². The van der Waals surface area contributed by atoms with E-state index in [-0.39, 0.29) is 17.9 Å². The Morgan fingerprint density at radius 2 is 2.12 bits per heavy atom. The second-order valence-electron chi connectivity index (χ2n) is 6.39. The van der Waals surface area contributed by atoms with Crippen molar-refractivity contribution < 1.29 is 9.59 Å². The highest BCUT2D eigenvalue weighted by atomic mass is 16.2. The first-order valence-corrected chi connectivity index (χ1v) is 8.44. The van der Waals surface area contributed by atoms with Crippen molar-refractivity contribution in [1.82, 2.24) is 19.8 Å². The van der Waals surface area contributed by atoms with Gasteiger partial charge in [0.1, 0.15) is 0 Å². The maximum Gasteiger partial charge on any atom is 0.254 e. The van der Waals surface area contributed by atoms with Crippen molar-refractivity contribution in [3.05, 3.63) is 59.7 Å². The van der Waals surface area contributed by atoms with Crippen LogP contribution >= 0.6 is 0 Å². The average Bonchev–Trinajstić information content (AvgIpc) is 2.96. The molecule has 3 rings (SSSR count). The number of aromatic nitrogens is 2. The Labute approximate surface area is 147 Å². The van der Waals surface area contributed by atoms with Crippen LogP contribution in [0.3, 0.4) is 0 Å². The molecule has 2 heterocycles. The number of fused-ring (bicyclic) bond motifs is 1. The van der Waals surface area contributed by atoms with E-state index in [0.717, 1.165) is 16.8 Å². The summed E-state index contributed by atoms with van der Waals surface area (Å²) >= 11 is 0. The molecule has 0 N–H and O–H groups in total. The topological polar surface area (TPSA) is 66.4 Å². The molecule has 130 valence electrons. The molecule has 0 saturated carbocycles. The molecule has 0 radical (unpaired) electrons. The molecule has 1 aromatic carbocycles. The molecule has 2 aromatic rings. The summed E-state index contributed by atoms with van der Waals surface area (Å²) < 4.78 is 0. The molecule has 25 heavy (non-hydrogen) atoms. The van der Waals surface area contributed by atoms with Crippen molar-refractivity contribution in [3.63, 3.8) is 0 Å². The van der Waals surface area contributed by atoms with Crippen molar-refractivity contribution >= 4 is 11.8 Å². The first-order valence-electron chi connectivity index (χ1n) is 8.44. The van der Waals surface area contributed by atoms with Crippen molar-refractivity contribution in [2.45, 2.75) is 32.4 Å². The molecular formula is C19H22N4O2. The highest BCUT2D eigenvalue weighted by Gasteiger charge is 2.27. The Bertz CT molecular complexity index is 763. The second-order valence-corrected chi connectivity index (χ2v) is 6.39. The van der Waals surface area contributed by atoms with Gasteiger partial charge in [0.25, 0.3) is 5.91 Å². The quantitative estimate of drug-likeness (QED) is 0.807. The van der Waals surface area contributed by atoms with Crippen LogP contribution in [0.15, 0.2) is 42.9 Å². The van der Waals surface area contributed by atoms with E-state index < -0.39 is 0 Å². The Kier molecular flexibility index (Phi) is 5.07. The molecule has 1 aromatic heterocycles. The van der Waals surface area contributed by atoms with Gasteiger partial charge in [-0.05, 0) is 18.6 Å². The molecule has 1 aliphatic heterocycles. The first kappa shape index (κ1) is 17.1. The van der Waals surface area contributed by atoms with Gasteiger partial charge < -0.3 is 9.80 Å². The highest BCUT2D eigenvalue weighted by molar-refractivity contribution is 5.98. The van der Waals surface area contributed by atoms with E-state index in [9.17, 15) is 9.59 Å². The van der Waals surface area contributed by atoms with Gasteiger partial charge in [-0.2, -0.15) is 0 Å². The summed E-state index contributed by atoms with van der Waals surface area (Å²) in [5.74, 6) is 0.0406. The van der Waals surface area contributed by atoms with E-state index in [1.807, 2.05) is 31.2 Å². The van der Waals surface area contributed by atoms with E-state index in [0.29, 0.717) is 25.9 Å². The highest BCUT2D eigenvalue weighted by Crippen LogP contribution is 2.22. The molecule has 0 unspecified atom stereocenters. The monoisotopic (exact) mass is 338 g/mol. The summed E-state index contributed by atoms with van der Waals surface area (Å²) in [5.41, 5.74) is 2.64. The number of benzene rings is 1. The van der Waals surface area contributed by atoms with Crippen LogP contribution in [-0.4, -0.2) is 51.2 Å². The minimum atomic E-state index is 0.0126. The molecule has 0 spiro atoms. The zero-order valence-corrected chi connectivity index (χ0v) is 14.6. The summed E-state index contributed by atoms with van der Waals surface area (Å²) in [5, 5.41) is 0. The number of amides is 2. The van der Waals surface area contributed by atoms with Crippen molar-refractivity contribution in [2.24, 2.45) is 0 Å². The number of hydrogen-bond acceptors (Lipinski definition) is 4. The zero-order valence-electron chi connectivity index (χ0n) is 14.6. The third-order valence-electron chi connectivity index (χ3n) is 4.67. The average molecular weight is 338 g/mol. The van der Waals surface area contributed by atoms with Crippen LogP contribution in [0.4, 0.5) is 0 Å². The van der Waals surface area contributed by atoms with Gasteiger partial charge in [0.2, 0.25) is 5.91 Å². The van der Waals surface area contributed by atoms with E-state index in [2.05, 4.69) is 9.97 Å². The number of likely N-dealkylation sites (N-methyl/N-ethyl adjacent to an activating group) is 1. The van der Waals surface area contributed by atoms with Crippen molar-refractivity contribution in [2.75, 3.05) is 13.6 Å². The third kappa shape index (κ3) is 3.84. The molecular weight excluding hydrogens is 316 g/mol. The van der Waals surface area contributed by atoms with E-state index in [4.69, 9.17) is 0 Å². The lowest BCUT2D eigenvalue weighted by Gasteiger charge is -2.26. The lowest BCUT2D eigenvalue weighted by atomic mass is 10.1. The van der Waals surface area contributed by atoms with Gasteiger partial charge in [-0.1, -0.05) is 18.2 Å². The molecule has 0 aliphatic carbocycles. The van der Waals surface area contributed by atoms with Crippen LogP contribution in [0.1, 0.15) is 35.0 Å². The van der Waals surface area contributed by atoms with Gasteiger partial charge >= 0.3 is 0 Å². The van der Waals surface area contributed by atoms with Crippen LogP contribution in [-0.2, 0) is 17.8 Å². The fourth-order valence-corrected chi connectivity index (χ4v) is 3.02. The molecule has 0 bridgehead atoms. The minimum Gasteiger partial charge on any atom is -0.343 e. The van der Waals surface area contributed by atoms with Crippen molar-refractivity contribution in [1.29, 1.82) is 0 Å². The summed E-state index contributed by atoms with van der Waals surface area (Å²) in [4.78, 5) is 36.6. The lowest BCUT2D eigenvalue weighted by molar-refractivity contribution is -0.131. The summed E-state index contributed by atoms with van der Waals surface area (Å²) in [6.45, 7) is 3.01. The van der Waals surface area contributed by atoms with E-state index in [1.165, 1.54) is 0 Å². The van der Waals surface area contributed by atoms with Crippen LogP contribution in [0, 0.1) is 0 Å². The fraction of sp³-hybridized carbons (Fsp3) is 0.368. The Morgan fingerprint density at radius 1 is 1.32 bits per heavy atom. The molecule has 6 nitrogen and oxygen atoms in total. The summed E-state index contributed by atoms with van der Waals surface area (Å²) in [7, 11) is 1.80. The molecule has 1 aliphatic rings. The fourth-order valence-electron chi connectivity index (χ4n) is 3.02. The van der Waals surface area contributed by atoms with Crippen LogP contribution in [0.25, 0.3) is 0 Å². The molecule has 6 heteroatoms. The van der Waals surface area contributed by atoms with Gasteiger partial charge in [0, 0.05) is 63.2 Å². The number of hydrogen-bond donors (Lipinski definition) is 0. The summed E-state index contributed by atoms with van der Waals surface area (Å²) in [6.07, 6.45) is 5.98. The van der Waals surface area contributed by atoms with Gasteiger partial charge in [-0.15, -0.1) is 0 Å². The summed E-state index contributed by atoms with van der Waals surface area (Å²) in [6, 6.07) is 7.63. The van der Waals surface area contributed by atoms with Gasteiger partial charge in [0.05, 0.1) is 5.69 Å². The standard InChI is InChI=1S/C19H22N4O2/c1-14(11-16-12-20-8-9-21-16)22(2)18(24)7-10-23-13-15-5-3-4-6-17(15)19(23)25/h3-6,8-9,12,14H,7,10-11,13H2,1-2H3/t14-/m0/s1. The van der Waals surface area contributed by atoms with Crippen LogP contribution < -0.4 is 0 Å². The number of carbonyl (C=O) groups excluding carboxylic acids is 2. The second kappa shape index (κ2) is 7.42. The lowest BCUT2D eigenvalue weighted by Crippen LogP contribution is -2.38. The molecule has 0 fully saturated rings. The maximum atomic E-state index is 12.5. The molecule has 2 amide bonds. The normalized spacial score (nSPS) is 14.3. The smallest absolute Gasteiger partial charge is 0.254 e. The van der Waals surface area contributed by atoms with Crippen LogP contribution in [0.2, 0.25) is 0 Å². The van der Waals surface area contributed by atoms with Gasteiger partial charge in [-0.3, -0.25) is 19.6 Å². The van der Waals surface area contributed by atoms with Gasteiger partial charge in [-0.25, -0.2) is 0 Å². The van der Waals surface area contributed by atoms with Crippen molar-refractivity contribution in [3.8, 4) is 0 Å². The van der Waals surface area contributed by atoms with E-state index in [1.54, 1.807) is 35.4 Å². The molecule has 0 saturated heterocycles. The zero-order chi connectivity index (χ0) is 17.8. The number of nitrogens with zero attached hydrogens (tertiary/aromatic N) is 4. The number of carbonyl (C=O) groups is 2. The Balaban J connectivity index is 1.52. The van der Waals surface area contributed by atoms with Gasteiger partial charge in [0.15, 0.2) is 0 Å². The Morgan fingerprint density at radius 3 is 2.84 bits per heavy atom.